The minimum absolute atomic E-state index is 0.0598. The van der Waals surface area contributed by atoms with Gasteiger partial charge in [-0.05, 0) is 12.1 Å². The maximum absolute atomic E-state index is 12.7. The van der Waals surface area contributed by atoms with Crippen LogP contribution in [0.25, 0.3) is 11.4 Å². The van der Waals surface area contributed by atoms with Gasteiger partial charge >= 0.3 is 6.03 Å². The zero-order valence-corrected chi connectivity index (χ0v) is 13.4. The third-order valence-corrected chi connectivity index (χ3v) is 4.74. The van der Waals surface area contributed by atoms with Gasteiger partial charge in [0, 0.05) is 44.7 Å². The first-order valence-electron chi connectivity index (χ1n) is 7.70. The van der Waals surface area contributed by atoms with Gasteiger partial charge in [0.05, 0.1) is 5.54 Å². The minimum Gasteiger partial charge on any atom is -0.339 e. The Kier molecular flexibility index (Phi) is 3.09. The molecule has 0 saturated carbocycles. The lowest BCUT2D eigenvalue weighted by Gasteiger charge is -2.50. The quantitative estimate of drug-likeness (QED) is 0.884. The molecule has 3 heterocycles. The molecule has 1 aromatic heterocycles. The van der Waals surface area contributed by atoms with Crippen LogP contribution in [-0.2, 0) is 0 Å². The number of hydrogen-bond donors (Lipinski definition) is 1. The largest absolute Gasteiger partial charge is 0.339 e. The van der Waals surface area contributed by atoms with Crippen LogP contribution in [0.15, 0.2) is 28.8 Å². The van der Waals surface area contributed by atoms with Crippen LogP contribution < -0.4 is 5.32 Å². The van der Waals surface area contributed by atoms with E-state index in [1.54, 1.807) is 42.0 Å². The van der Waals surface area contributed by atoms with Crippen LogP contribution >= 0.6 is 0 Å². The van der Waals surface area contributed by atoms with E-state index >= 15 is 0 Å². The number of carbonyl (C=O) groups excluding carboxylic acids is 2. The fourth-order valence-corrected chi connectivity index (χ4v) is 3.21. The van der Waals surface area contributed by atoms with Gasteiger partial charge in [-0.2, -0.15) is 4.98 Å². The molecule has 1 aromatic carbocycles. The van der Waals surface area contributed by atoms with E-state index in [1.165, 1.54) is 0 Å². The Hall–Kier alpha value is -2.90. The molecule has 0 unspecified atom stereocenters. The first-order valence-corrected chi connectivity index (χ1v) is 7.70. The summed E-state index contributed by atoms with van der Waals surface area (Å²) in [4.78, 5) is 31.9. The van der Waals surface area contributed by atoms with Crippen LogP contribution in [-0.4, -0.2) is 64.1 Å². The van der Waals surface area contributed by atoms with Gasteiger partial charge in [-0.1, -0.05) is 17.3 Å². The topological polar surface area (TPSA) is 91.6 Å². The Bertz CT molecular complexity index is 825. The van der Waals surface area contributed by atoms with Gasteiger partial charge in [0.25, 0.3) is 5.91 Å². The summed E-state index contributed by atoms with van der Waals surface area (Å²) >= 11 is 0. The summed E-state index contributed by atoms with van der Waals surface area (Å²) in [7, 11) is 1.77. The first-order chi connectivity index (χ1) is 11.5. The fourth-order valence-electron chi connectivity index (χ4n) is 3.21. The molecule has 0 radical (unpaired) electrons. The van der Waals surface area contributed by atoms with E-state index < -0.39 is 0 Å². The molecule has 1 spiro atoms. The van der Waals surface area contributed by atoms with Crippen LogP contribution in [0.4, 0.5) is 4.79 Å². The van der Waals surface area contributed by atoms with Gasteiger partial charge in [-0.25, -0.2) is 4.79 Å². The van der Waals surface area contributed by atoms with E-state index in [9.17, 15) is 9.59 Å². The first kappa shape index (κ1) is 14.7. The van der Waals surface area contributed by atoms with Crippen LogP contribution in [0.5, 0.6) is 0 Å². The number of benzene rings is 1. The lowest BCUT2D eigenvalue weighted by molar-refractivity contribution is 0.00777. The molecule has 2 aliphatic heterocycles. The van der Waals surface area contributed by atoms with E-state index in [-0.39, 0.29) is 17.5 Å². The van der Waals surface area contributed by atoms with E-state index in [4.69, 9.17) is 4.52 Å². The third kappa shape index (κ3) is 2.14. The number of carbonyl (C=O) groups is 2. The van der Waals surface area contributed by atoms with E-state index in [0.29, 0.717) is 36.9 Å². The minimum atomic E-state index is -0.269. The molecule has 3 amide bonds. The zero-order chi connectivity index (χ0) is 16.9. The molecular weight excluding hydrogens is 310 g/mol. The van der Waals surface area contributed by atoms with Crippen molar-refractivity contribution in [3.63, 3.8) is 0 Å². The number of likely N-dealkylation sites (tertiary alicyclic amines) is 1. The van der Waals surface area contributed by atoms with E-state index in [0.717, 1.165) is 5.56 Å². The molecule has 2 saturated heterocycles. The average molecular weight is 327 g/mol. The SMILES string of the molecule is Cc1nc(-c2cccc(C(=O)N3CC4(CNC(=O)N4C)C3)c2)no1. The Morgan fingerprint density at radius 2 is 2.17 bits per heavy atom. The number of likely N-dealkylation sites (N-methyl/N-ethyl adjacent to an activating group) is 1. The Morgan fingerprint density at radius 3 is 2.79 bits per heavy atom. The van der Waals surface area contributed by atoms with Gasteiger partial charge in [-0.3, -0.25) is 4.79 Å². The summed E-state index contributed by atoms with van der Waals surface area (Å²) in [5.41, 5.74) is 1.04. The average Bonchev–Trinajstić information content (AvgIpc) is 3.11. The van der Waals surface area contributed by atoms with Gasteiger partial charge in [0.15, 0.2) is 0 Å². The molecule has 1 N–H and O–H groups in total. The van der Waals surface area contributed by atoms with Crippen molar-refractivity contribution < 1.29 is 14.1 Å². The molecular formula is C16H17N5O3. The van der Waals surface area contributed by atoms with Gasteiger partial charge < -0.3 is 19.6 Å². The van der Waals surface area contributed by atoms with Crippen molar-refractivity contribution in [3.8, 4) is 11.4 Å². The van der Waals surface area contributed by atoms with Crippen LogP contribution in [0, 0.1) is 6.92 Å². The number of urea groups is 1. The number of aryl methyl sites for hydroxylation is 1. The second kappa shape index (κ2) is 5.05. The Labute approximate surface area is 138 Å². The standard InChI is InChI=1S/C16H17N5O3/c1-10-18-13(19-24-10)11-4-3-5-12(6-11)14(22)21-8-16(9-21)7-17-15(23)20(16)2/h3-6H,7-9H2,1-2H3,(H,17,23). The lowest BCUT2D eigenvalue weighted by atomic mass is 9.88. The third-order valence-electron chi connectivity index (χ3n) is 4.74. The summed E-state index contributed by atoms with van der Waals surface area (Å²) in [6, 6.07) is 7.09. The zero-order valence-electron chi connectivity index (χ0n) is 13.4. The molecule has 124 valence electrons. The maximum atomic E-state index is 12.7. The van der Waals surface area contributed by atoms with Crippen molar-refractivity contribution in [2.24, 2.45) is 0 Å². The summed E-state index contributed by atoms with van der Waals surface area (Å²) in [6.07, 6.45) is 0. The fraction of sp³-hybridized carbons (Fsp3) is 0.375. The molecule has 24 heavy (non-hydrogen) atoms. The van der Waals surface area contributed by atoms with Crippen LogP contribution in [0.3, 0.4) is 0 Å². The summed E-state index contributed by atoms with van der Waals surface area (Å²) in [6.45, 7) is 3.37. The molecule has 2 fully saturated rings. The number of nitrogens with one attached hydrogen (secondary N) is 1. The number of aromatic nitrogens is 2. The van der Waals surface area contributed by atoms with Crippen LogP contribution in [0.1, 0.15) is 16.2 Å². The van der Waals surface area contributed by atoms with E-state index in [2.05, 4.69) is 15.5 Å². The lowest BCUT2D eigenvalue weighted by Crippen LogP contribution is -2.70. The monoisotopic (exact) mass is 327 g/mol. The predicted octanol–water partition coefficient (Wildman–Crippen LogP) is 0.895. The Morgan fingerprint density at radius 1 is 1.38 bits per heavy atom. The molecule has 0 aliphatic carbocycles. The molecule has 4 rings (SSSR count). The molecule has 8 heteroatoms. The van der Waals surface area contributed by atoms with Crippen molar-refractivity contribution in [2.45, 2.75) is 12.5 Å². The second-order valence-electron chi connectivity index (χ2n) is 6.32. The van der Waals surface area contributed by atoms with Crippen LogP contribution in [0.2, 0.25) is 0 Å². The van der Waals surface area contributed by atoms with Crippen molar-refractivity contribution in [1.29, 1.82) is 0 Å². The van der Waals surface area contributed by atoms with Crippen molar-refractivity contribution in [1.82, 2.24) is 25.3 Å². The smallest absolute Gasteiger partial charge is 0.317 e. The molecule has 8 nitrogen and oxygen atoms in total. The molecule has 2 aliphatic rings. The summed E-state index contributed by atoms with van der Waals surface area (Å²) < 4.78 is 4.98. The molecule has 0 atom stereocenters. The summed E-state index contributed by atoms with van der Waals surface area (Å²) in [5.74, 6) is 0.885. The highest BCUT2D eigenvalue weighted by molar-refractivity contribution is 5.96. The maximum Gasteiger partial charge on any atom is 0.317 e. The summed E-state index contributed by atoms with van der Waals surface area (Å²) in [5, 5.41) is 6.69. The highest BCUT2D eigenvalue weighted by atomic mass is 16.5. The van der Waals surface area contributed by atoms with Crippen molar-refractivity contribution in [2.75, 3.05) is 26.7 Å². The Balaban J connectivity index is 1.51. The van der Waals surface area contributed by atoms with Gasteiger partial charge in [0.1, 0.15) is 0 Å². The number of amides is 3. The van der Waals surface area contributed by atoms with Crippen molar-refractivity contribution >= 4 is 11.9 Å². The normalized spacial score (nSPS) is 18.7. The van der Waals surface area contributed by atoms with Gasteiger partial charge in [0.2, 0.25) is 11.7 Å². The molecule has 0 bridgehead atoms. The predicted molar refractivity (Wildman–Crippen MR) is 84.3 cm³/mol. The van der Waals surface area contributed by atoms with Gasteiger partial charge in [-0.15, -0.1) is 0 Å². The second-order valence-corrected chi connectivity index (χ2v) is 6.32. The van der Waals surface area contributed by atoms with E-state index in [1.807, 2.05) is 6.07 Å². The number of rotatable bonds is 2. The highest BCUT2D eigenvalue weighted by Gasteiger charge is 2.53. The van der Waals surface area contributed by atoms with Crippen molar-refractivity contribution in [3.05, 3.63) is 35.7 Å². The molecule has 2 aromatic rings. The number of hydrogen-bond acceptors (Lipinski definition) is 5. The number of nitrogens with zero attached hydrogens (tertiary/aromatic N) is 4. The highest BCUT2D eigenvalue weighted by Crippen LogP contribution is 2.31.